The molecule has 1 aromatic carbocycles. The van der Waals surface area contributed by atoms with E-state index >= 15 is 0 Å². The fraction of sp³-hybridized carbons (Fsp3) is 0.700. The maximum Gasteiger partial charge on any atom is 0.246 e. The molecular formula is C30H40O3. The predicted octanol–water partition coefficient (Wildman–Crippen LogP) is 7.54. The Morgan fingerprint density at radius 2 is 1.70 bits per heavy atom. The molecule has 0 spiro atoms. The largest absolute Gasteiger partial charge is 0.449 e. The van der Waals surface area contributed by atoms with Gasteiger partial charge in [0.2, 0.25) is 5.79 Å². The lowest BCUT2D eigenvalue weighted by Gasteiger charge is -2.63. The van der Waals surface area contributed by atoms with Crippen molar-refractivity contribution in [2.45, 2.75) is 105 Å². The number of carbonyl (C=O) groups excluding carboxylic acids is 1. The maximum atomic E-state index is 13.7. The third-order valence-electron chi connectivity index (χ3n) is 10.7. The van der Waals surface area contributed by atoms with Gasteiger partial charge >= 0.3 is 0 Å². The molecule has 3 fully saturated rings. The molecule has 1 aliphatic heterocycles. The first kappa shape index (κ1) is 21.7. The summed E-state index contributed by atoms with van der Waals surface area (Å²) in [6.45, 7) is 15.8. The van der Waals surface area contributed by atoms with Crippen LogP contribution in [0, 0.1) is 35.5 Å². The van der Waals surface area contributed by atoms with Crippen molar-refractivity contribution >= 4 is 5.78 Å². The second-order valence-corrected chi connectivity index (χ2v) is 13.3. The lowest BCUT2D eigenvalue weighted by atomic mass is 9.41. The highest BCUT2D eigenvalue weighted by Crippen LogP contribution is 2.68. The Morgan fingerprint density at radius 3 is 2.45 bits per heavy atom. The van der Waals surface area contributed by atoms with Crippen molar-refractivity contribution in [3.8, 4) is 11.5 Å². The van der Waals surface area contributed by atoms with Crippen molar-refractivity contribution in [2.75, 3.05) is 0 Å². The number of benzene rings is 1. The monoisotopic (exact) mass is 448 g/mol. The van der Waals surface area contributed by atoms with Crippen LogP contribution in [0.15, 0.2) is 17.7 Å². The molecule has 0 aromatic heterocycles. The number of carbonyl (C=O) groups is 1. The van der Waals surface area contributed by atoms with Crippen LogP contribution in [0.25, 0.3) is 0 Å². The molecule has 178 valence electrons. The van der Waals surface area contributed by atoms with Crippen LogP contribution < -0.4 is 9.47 Å². The van der Waals surface area contributed by atoms with Gasteiger partial charge in [-0.2, -0.15) is 0 Å². The van der Waals surface area contributed by atoms with E-state index in [0.717, 1.165) is 40.9 Å². The van der Waals surface area contributed by atoms with E-state index in [1.807, 2.05) is 20.8 Å². The third-order valence-corrected chi connectivity index (χ3v) is 10.7. The summed E-state index contributed by atoms with van der Waals surface area (Å²) >= 11 is 0. The van der Waals surface area contributed by atoms with Crippen molar-refractivity contribution in [3.63, 3.8) is 0 Å². The molecule has 33 heavy (non-hydrogen) atoms. The second kappa shape index (κ2) is 6.46. The number of rotatable bonds is 0. The first-order valence-electron chi connectivity index (χ1n) is 13.2. The molecule has 0 amide bonds. The standard InChI is InChI=1S/C30H40O3/c1-17-8-10-28(5)12-13-30(7)19(20(28)14-17)9-11-29(6)21-15-23-26(33-27(3,4)32-23)18(2)25(21)22(31)16-24(29)30/h15-17,19-20H,8-14H2,1-7H3. The van der Waals surface area contributed by atoms with E-state index in [4.69, 9.17) is 9.47 Å². The van der Waals surface area contributed by atoms with Crippen molar-refractivity contribution < 1.29 is 14.3 Å². The first-order chi connectivity index (χ1) is 15.4. The number of ketones is 1. The summed E-state index contributed by atoms with van der Waals surface area (Å²) in [5.41, 5.74) is 4.85. The van der Waals surface area contributed by atoms with Gasteiger partial charge in [-0.25, -0.2) is 0 Å². The van der Waals surface area contributed by atoms with Gasteiger partial charge in [0, 0.05) is 30.4 Å². The van der Waals surface area contributed by atoms with Crippen LogP contribution >= 0.6 is 0 Å². The summed E-state index contributed by atoms with van der Waals surface area (Å²) in [5, 5.41) is 0. The molecule has 4 aliphatic carbocycles. The van der Waals surface area contributed by atoms with Gasteiger partial charge in [-0.15, -0.1) is 0 Å². The van der Waals surface area contributed by atoms with E-state index in [0.29, 0.717) is 11.3 Å². The third kappa shape index (κ3) is 2.77. The molecule has 0 bridgehead atoms. The normalized spacial score (nSPS) is 42.6. The average molecular weight is 449 g/mol. The summed E-state index contributed by atoms with van der Waals surface area (Å²) in [6.07, 6.45) is 11.0. The zero-order chi connectivity index (χ0) is 23.6. The number of ether oxygens (including phenoxy) is 2. The Morgan fingerprint density at radius 1 is 0.939 bits per heavy atom. The van der Waals surface area contributed by atoms with E-state index in [1.165, 1.54) is 49.7 Å². The van der Waals surface area contributed by atoms with Crippen LogP contribution in [-0.2, 0) is 5.41 Å². The highest BCUT2D eigenvalue weighted by molar-refractivity contribution is 6.10. The minimum Gasteiger partial charge on any atom is -0.449 e. The van der Waals surface area contributed by atoms with Gasteiger partial charge in [0.25, 0.3) is 0 Å². The van der Waals surface area contributed by atoms with Crippen LogP contribution in [-0.4, -0.2) is 11.6 Å². The van der Waals surface area contributed by atoms with Gasteiger partial charge in [0.05, 0.1) is 0 Å². The molecule has 3 nitrogen and oxygen atoms in total. The van der Waals surface area contributed by atoms with Crippen molar-refractivity contribution in [3.05, 3.63) is 34.4 Å². The molecular weight excluding hydrogens is 408 g/mol. The fourth-order valence-corrected chi connectivity index (χ4v) is 8.86. The Labute approximate surface area is 199 Å². The lowest BCUT2D eigenvalue weighted by Crippen LogP contribution is -2.56. The Bertz CT molecular complexity index is 1100. The van der Waals surface area contributed by atoms with Gasteiger partial charge in [0.1, 0.15) is 0 Å². The minimum absolute atomic E-state index is 0.102. The van der Waals surface area contributed by atoms with Crippen LogP contribution in [0.3, 0.4) is 0 Å². The molecule has 0 N–H and O–H groups in total. The summed E-state index contributed by atoms with van der Waals surface area (Å²) < 4.78 is 12.3. The topological polar surface area (TPSA) is 35.5 Å². The zero-order valence-corrected chi connectivity index (χ0v) is 21.6. The van der Waals surface area contributed by atoms with Crippen molar-refractivity contribution in [2.24, 2.45) is 28.6 Å². The molecule has 3 saturated carbocycles. The van der Waals surface area contributed by atoms with Crippen LogP contribution in [0.2, 0.25) is 0 Å². The molecule has 1 heterocycles. The van der Waals surface area contributed by atoms with Gasteiger partial charge in [0.15, 0.2) is 17.3 Å². The van der Waals surface area contributed by atoms with Gasteiger partial charge in [-0.05, 0) is 97.3 Å². The Kier molecular flexibility index (Phi) is 4.26. The fourth-order valence-electron chi connectivity index (χ4n) is 8.86. The van der Waals surface area contributed by atoms with Gasteiger partial charge < -0.3 is 9.47 Å². The molecule has 6 rings (SSSR count). The molecule has 0 saturated heterocycles. The molecule has 5 aliphatic rings. The summed E-state index contributed by atoms with van der Waals surface area (Å²) in [4.78, 5) is 13.7. The Hall–Kier alpha value is -1.77. The van der Waals surface area contributed by atoms with E-state index in [-0.39, 0.29) is 16.6 Å². The highest BCUT2D eigenvalue weighted by Gasteiger charge is 2.60. The van der Waals surface area contributed by atoms with Crippen LogP contribution in [0.5, 0.6) is 11.5 Å². The van der Waals surface area contributed by atoms with E-state index in [2.05, 4.69) is 39.8 Å². The average Bonchev–Trinajstić information content (AvgIpc) is 3.05. The SMILES string of the molecule is Cc1c2c(cc3c1C(=O)C=C1C3(C)CCC3C4CC(C)CCC4(C)CCC13C)OC(C)(C)O2. The van der Waals surface area contributed by atoms with Crippen LogP contribution in [0.4, 0.5) is 0 Å². The van der Waals surface area contributed by atoms with Gasteiger partial charge in [-0.1, -0.05) is 34.1 Å². The molecule has 0 radical (unpaired) electrons. The number of hydrogen-bond donors (Lipinski definition) is 0. The number of hydrogen-bond acceptors (Lipinski definition) is 3. The quantitative estimate of drug-likeness (QED) is 0.411. The summed E-state index contributed by atoms with van der Waals surface area (Å²) in [5.74, 6) is 3.31. The molecule has 6 atom stereocenters. The first-order valence-corrected chi connectivity index (χ1v) is 13.2. The smallest absolute Gasteiger partial charge is 0.246 e. The van der Waals surface area contributed by atoms with Crippen molar-refractivity contribution in [1.82, 2.24) is 0 Å². The van der Waals surface area contributed by atoms with E-state index < -0.39 is 5.79 Å². The lowest BCUT2D eigenvalue weighted by molar-refractivity contribution is -0.0806. The highest BCUT2D eigenvalue weighted by atomic mass is 16.7. The minimum atomic E-state index is -0.688. The molecule has 6 unspecified atom stereocenters. The second-order valence-electron chi connectivity index (χ2n) is 13.3. The zero-order valence-electron chi connectivity index (χ0n) is 21.6. The van der Waals surface area contributed by atoms with E-state index in [9.17, 15) is 4.79 Å². The molecule has 3 heteroatoms. The Balaban J connectivity index is 1.47. The van der Waals surface area contributed by atoms with E-state index in [1.54, 1.807) is 0 Å². The predicted molar refractivity (Wildman–Crippen MR) is 131 cm³/mol. The maximum absolute atomic E-state index is 13.7. The van der Waals surface area contributed by atoms with Crippen LogP contribution in [0.1, 0.15) is 108 Å². The summed E-state index contributed by atoms with van der Waals surface area (Å²) in [7, 11) is 0. The number of allylic oxidation sites excluding steroid dienone is 2. The summed E-state index contributed by atoms with van der Waals surface area (Å²) in [6, 6.07) is 2.15. The number of fused-ring (bicyclic) bond motifs is 8. The van der Waals surface area contributed by atoms with Crippen molar-refractivity contribution in [1.29, 1.82) is 0 Å². The molecule has 1 aromatic rings. The van der Waals surface area contributed by atoms with Gasteiger partial charge in [-0.3, -0.25) is 4.79 Å².